The largest absolute Gasteiger partial charge is 0.462 e. The molecule has 0 unspecified atom stereocenters. The van der Waals surface area contributed by atoms with Crippen molar-refractivity contribution in [1.82, 2.24) is 0 Å². The number of carbonyl (C=O) groups is 1. The van der Waals surface area contributed by atoms with Crippen LogP contribution < -0.4 is 5.32 Å². The Morgan fingerprint density at radius 3 is 2.38 bits per heavy atom. The molecule has 1 aromatic rings. The molecule has 0 saturated carbocycles. The summed E-state index contributed by atoms with van der Waals surface area (Å²) in [4.78, 5) is 11.8. The van der Waals surface area contributed by atoms with Crippen molar-refractivity contribution in [2.45, 2.75) is 6.92 Å². The van der Waals surface area contributed by atoms with Gasteiger partial charge in [0.15, 0.2) is 9.84 Å². The van der Waals surface area contributed by atoms with Gasteiger partial charge in [0.05, 0.1) is 6.61 Å². The van der Waals surface area contributed by atoms with Crippen LogP contribution in [0.4, 0.5) is 5.69 Å². The molecule has 0 amide bonds. The van der Waals surface area contributed by atoms with E-state index in [1.807, 2.05) is 0 Å². The van der Waals surface area contributed by atoms with Gasteiger partial charge in [-0.3, -0.25) is 0 Å². The summed E-state index contributed by atoms with van der Waals surface area (Å²) in [6.45, 7) is 1.69. The third-order valence-corrected chi connectivity index (χ3v) is 3.95. The standard InChI is InChI=1S/C13H15BrN2O4S/c1-3-20-13(17)11(8-15)12(21(2,18)19)16-10-6-4-9(14)5-7-10/h4-8,15-16H,3H2,1-2H3/b12-11-,15-8?. The van der Waals surface area contributed by atoms with E-state index in [0.29, 0.717) is 11.9 Å². The van der Waals surface area contributed by atoms with Crippen molar-refractivity contribution in [1.29, 1.82) is 5.41 Å². The fourth-order valence-electron chi connectivity index (χ4n) is 1.45. The maximum Gasteiger partial charge on any atom is 0.342 e. The molecule has 114 valence electrons. The van der Waals surface area contributed by atoms with Crippen LogP contribution in [0.25, 0.3) is 0 Å². The van der Waals surface area contributed by atoms with Gasteiger partial charge in [-0.1, -0.05) is 15.9 Å². The first-order valence-electron chi connectivity index (χ1n) is 5.94. The second-order valence-corrected chi connectivity index (χ2v) is 6.88. The van der Waals surface area contributed by atoms with Gasteiger partial charge in [-0.25, -0.2) is 13.2 Å². The highest BCUT2D eigenvalue weighted by atomic mass is 79.9. The Morgan fingerprint density at radius 1 is 1.38 bits per heavy atom. The summed E-state index contributed by atoms with van der Waals surface area (Å²) < 4.78 is 29.3. The van der Waals surface area contributed by atoms with Crippen LogP contribution in [0.3, 0.4) is 0 Å². The maximum absolute atomic E-state index is 11.9. The van der Waals surface area contributed by atoms with Crippen LogP contribution in [-0.2, 0) is 19.4 Å². The van der Waals surface area contributed by atoms with Gasteiger partial charge in [0.25, 0.3) is 0 Å². The van der Waals surface area contributed by atoms with Gasteiger partial charge in [-0.15, -0.1) is 0 Å². The van der Waals surface area contributed by atoms with Crippen LogP contribution >= 0.6 is 15.9 Å². The molecule has 0 aliphatic rings. The van der Waals surface area contributed by atoms with E-state index < -0.39 is 15.8 Å². The van der Waals surface area contributed by atoms with Crippen LogP contribution in [0.2, 0.25) is 0 Å². The lowest BCUT2D eigenvalue weighted by atomic mass is 10.3. The number of benzene rings is 1. The number of nitrogens with one attached hydrogen (secondary N) is 2. The molecule has 0 radical (unpaired) electrons. The first-order chi connectivity index (χ1) is 9.79. The van der Waals surface area contributed by atoms with Gasteiger partial charge in [0.1, 0.15) is 10.6 Å². The van der Waals surface area contributed by atoms with Crippen LogP contribution in [0, 0.1) is 5.41 Å². The lowest BCUT2D eigenvalue weighted by Gasteiger charge is -2.12. The van der Waals surface area contributed by atoms with Crippen molar-refractivity contribution < 1.29 is 17.9 Å². The van der Waals surface area contributed by atoms with E-state index in [-0.39, 0.29) is 17.2 Å². The number of ether oxygens (including phenoxy) is 1. The number of sulfone groups is 1. The Bertz CT molecular complexity index is 666. The van der Waals surface area contributed by atoms with Gasteiger partial charge >= 0.3 is 5.97 Å². The summed E-state index contributed by atoms with van der Waals surface area (Å²) in [5.41, 5.74) is 0.129. The van der Waals surface area contributed by atoms with Crippen molar-refractivity contribution in [3.8, 4) is 0 Å². The van der Waals surface area contributed by atoms with E-state index in [1.54, 1.807) is 31.2 Å². The molecule has 0 aliphatic carbocycles. The van der Waals surface area contributed by atoms with E-state index in [4.69, 9.17) is 10.1 Å². The Balaban J connectivity index is 3.31. The van der Waals surface area contributed by atoms with Crippen molar-refractivity contribution in [2.24, 2.45) is 0 Å². The van der Waals surface area contributed by atoms with Gasteiger partial charge in [0.2, 0.25) is 0 Å². The molecule has 1 rings (SSSR count). The summed E-state index contributed by atoms with van der Waals surface area (Å²) in [5, 5.41) is 9.58. The number of anilines is 1. The molecule has 8 heteroatoms. The predicted octanol–water partition coefficient (Wildman–Crippen LogP) is 2.33. The molecule has 0 atom stereocenters. The number of esters is 1. The Hall–Kier alpha value is -1.67. The molecular formula is C13H15BrN2O4S. The van der Waals surface area contributed by atoms with E-state index in [2.05, 4.69) is 21.2 Å². The normalized spacial score (nSPS) is 12.3. The highest BCUT2D eigenvalue weighted by molar-refractivity contribution is 9.10. The third-order valence-electron chi connectivity index (χ3n) is 2.36. The highest BCUT2D eigenvalue weighted by Crippen LogP contribution is 2.19. The fraction of sp³-hybridized carbons (Fsp3) is 0.231. The lowest BCUT2D eigenvalue weighted by Crippen LogP contribution is -2.20. The number of halogens is 1. The van der Waals surface area contributed by atoms with Crippen molar-refractivity contribution >= 4 is 43.6 Å². The van der Waals surface area contributed by atoms with Gasteiger partial charge in [-0.2, -0.15) is 0 Å². The highest BCUT2D eigenvalue weighted by Gasteiger charge is 2.22. The number of hydrogen-bond donors (Lipinski definition) is 2. The lowest BCUT2D eigenvalue weighted by molar-refractivity contribution is -0.137. The number of hydrogen-bond acceptors (Lipinski definition) is 6. The van der Waals surface area contributed by atoms with Crippen LogP contribution in [0.5, 0.6) is 0 Å². The summed E-state index contributed by atoms with van der Waals surface area (Å²) in [6, 6.07) is 6.72. The summed E-state index contributed by atoms with van der Waals surface area (Å²) >= 11 is 3.27. The number of rotatable bonds is 6. The maximum atomic E-state index is 11.9. The minimum absolute atomic E-state index is 0.0888. The average molecular weight is 375 g/mol. The minimum Gasteiger partial charge on any atom is -0.462 e. The molecule has 6 nitrogen and oxygen atoms in total. The van der Waals surface area contributed by atoms with Crippen molar-refractivity contribution in [2.75, 3.05) is 18.2 Å². The molecule has 0 spiro atoms. The fourth-order valence-corrected chi connectivity index (χ4v) is 2.56. The van der Waals surface area contributed by atoms with Crippen LogP contribution in [0.1, 0.15) is 6.92 Å². The second kappa shape index (κ2) is 7.37. The zero-order valence-electron chi connectivity index (χ0n) is 11.5. The van der Waals surface area contributed by atoms with E-state index >= 15 is 0 Å². The van der Waals surface area contributed by atoms with Gasteiger partial charge in [-0.05, 0) is 31.2 Å². The number of carbonyl (C=O) groups excluding carboxylic acids is 1. The third kappa shape index (κ3) is 4.98. The minimum atomic E-state index is -3.74. The quantitative estimate of drug-likeness (QED) is 0.452. The van der Waals surface area contributed by atoms with Gasteiger partial charge < -0.3 is 15.5 Å². The predicted molar refractivity (Wildman–Crippen MR) is 85.1 cm³/mol. The van der Waals surface area contributed by atoms with Crippen LogP contribution in [-0.4, -0.2) is 33.5 Å². The molecule has 0 bridgehead atoms. The second-order valence-electron chi connectivity index (χ2n) is 4.01. The molecule has 0 heterocycles. The smallest absolute Gasteiger partial charge is 0.342 e. The monoisotopic (exact) mass is 374 g/mol. The molecule has 0 saturated heterocycles. The SMILES string of the molecule is CCOC(=O)/C(C=N)=C(/Nc1ccc(Br)cc1)S(C)(=O)=O. The van der Waals surface area contributed by atoms with E-state index in [0.717, 1.165) is 10.7 Å². The Labute approximate surface area is 131 Å². The molecule has 2 N–H and O–H groups in total. The first-order valence-corrected chi connectivity index (χ1v) is 8.62. The Kier molecular flexibility index (Phi) is 6.10. The van der Waals surface area contributed by atoms with Crippen molar-refractivity contribution in [3.05, 3.63) is 39.3 Å². The molecular weight excluding hydrogens is 360 g/mol. The van der Waals surface area contributed by atoms with E-state index in [9.17, 15) is 13.2 Å². The van der Waals surface area contributed by atoms with Crippen molar-refractivity contribution in [3.63, 3.8) is 0 Å². The van der Waals surface area contributed by atoms with Crippen LogP contribution in [0.15, 0.2) is 39.3 Å². The summed E-state index contributed by atoms with van der Waals surface area (Å²) in [5.74, 6) is -0.863. The molecule has 0 aliphatic heterocycles. The first kappa shape index (κ1) is 17.4. The summed E-state index contributed by atoms with van der Waals surface area (Å²) in [7, 11) is -3.74. The molecule has 21 heavy (non-hydrogen) atoms. The average Bonchev–Trinajstić information content (AvgIpc) is 2.40. The van der Waals surface area contributed by atoms with Gasteiger partial charge in [0, 0.05) is 22.6 Å². The molecule has 0 fully saturated rings. The zero-order valence-corrected chi connectivity index (χ0v) is 13.9. The summed E-state index contributed by atoms with van der Waals surface area (Å²) in [6.07, 6.45) is 1.62. The zero-order chi connectivity index (χ0) is 16.0. The molecule has 1 aromatic carbocycles. The Morgan fingerprint density at radius 2 is 1.95 bits per heavy atom. The van der Waals surface area contributed by atoms with E-state index in [1.165, 1.54) is 0 Å². The molecule has 0 aromatic heterocycles. The topological polar surface area (TPSA) is 96.3 Å².